The van der Waals surface area contributed by atoms with Crippen LogP contribution in [0.1, 0.15) is 17.1 Å². The number of anilines is 1. The van der Waals surface area contributed by atoms with Gasteiger partial charge in [-0.05, 0) is 73.2 Å². The second-order valence-electron chi connectivity index (χ2n) is 7.45. The molecule has 0 saturated carbocycles. The van der Waals surface area contributed by atoms with Crippen molar-refractivity contribution in [3.05, 3.63) is 94.9 Å². The van der Waals surface area contributed by atoms with E-state index >= 15 is 0 Å². The normalized spacial score (nSPS) is 11.0. The molecule has 34 heavy (non-hydrogen) atoms. The molecule has 8 heteroatoms. The highest BCUT2D eigenvalue weighted by Gasteiger charge is 2.08. The van der Waals surface area contributed by atoms with Crippen LogP contribution >= 0.6 is 23.8 Å². The van der Waals surface area contributed by atoms with Crippen LogP contribution < -0.4 is 10.6 Å². The first kappa shape index (κ1) is 23.5. The summed E-state index contributed by atoms with van der Waals surface area (Å²) in [6.07, 6.45) is 2.90. The van der Waals surface area contributed by atoms with Gasteiger partial charge in [0.25, 0.3) is 0 Å². The van der Waals surface area contributed by atoms with Crippen molar-refractivity contribution in [3.8, 4) is 22.6 Å². The SMILES string of the molecule is Cc1ccc(-c2ccc(/C=C/C(=O)NC(=S)Nc3cccc(-c4ccc(CO)o4)c3)o2)cc1Cl. The predicted octanol–water partition coefficient (Wildman–Crippen LogP) is 6.19. The summed E-state index contributed by atoms with van der Waals surface area (Å²) >= 11 is 11.4. The molecule has 0 aliphatic heterocycles. The molecule has 0 spiro atoms. The number of halogens is 1. The molecule has 0 aliphatic rings. The third kappa shape index (κ3) is 5.82. The van der Waals surface area contributed by atoms with Gasteiger partial charge in [0.05, 0.1) is 0 Å². The van der Waals surface area contributed by atoms with E-state index in [1.807, 2.05) is 55.5 Å². The Labute approximate surface area is 206 Å². The number of rotatable bonds is 6. The van der Waals surface area contributed by atoms with Crippen LogP contribution in [0.2, 0.25) is 5.02 Å². The minimum Gasteiger partial charge on any atom is -0.459 e. The van der Waals surface area contributed by atoms with Gasteiger partial charge in [-0.1, -0.05) is 35.9 Å². The molecule has 3 N–H and O–H groups in total. The smallest absolute Gasteiger partial charge is 0.250 e. The average molecular weight is 493 g/mol. The number of nitrogens with one attached hydrogen (secondary N) is 2. The Morgan fingerprint density at radius 1 is 1.03 bits per heavy atom. The molecule has 172 valence electrons. The van der Waals surface area contributed by atoms with Gasteiger partial charge in [-0.2, -0.15) is 0 Å². The topological polar surface area (TPSA) is 87.6 Å². The van der Waals surface area contributed by atoms with Crippen molar-refractivity contribution in [2.45, 2.75) is 13.5 Å². The average Bonchev–Trinajstić information content (AvgIpc) is 3.49. The number of aliphatic hydroxyl groups is 1. The highest BCUT2D eigenvalue weighted by molar-refractivity contribution is 7.80. The molecule has 0 fully saturated rings. The fourth-order valence-electron chi connectivity index (χ4n) is 3.19. The third-order valence-electron chi connectivity index (χ3n) is 4.94. The van der Waals surface area contributed by atoms with Gasteiger partial charge >= 0.3 is 0 Å². The molecule has 0 bridgehead atoms. The van der Waals surface area contributed by atoms with Crippen molar-refractivity contribution in [2.75, 3.05) is 5.32 Å². The molecule has 4 aromatic rings. The monoisotopic (exact) mass is 492 g/mol. The number of benzene rings is 2. The van der Waals surface area contributed by atoms with Crippen molar-refractivity contribution in [3.63, 3.8) is 0 Å². The van der Waals surface area contributed by atoms with E-state index in [0.717, 1.165) is 16.7 Å². The van der Waals surface area contributed by atoms with Gasteiger partial charge < -0.3 is 19.3 Å². The number of furan rings is 2. The molecule has 6 nitrogen and oxygen atoms in total. The van der Waals surface area contributed by atoms with Crippen molar-refractivity contribution >= 4 is 46.6 Å². The Balaban J connectivity index is 1.34. The molecule has 0 saturated heterocycles. The lowest BCUT2D eigenvalue weighted by Crippen LogP contribution is -2.32. The third-order valence-corrected chi connectivity index (χ3v) is 5.55. The van der Waals surface area contributed by atoms with Crippen LogP contribution in [-0.4, -0.2) is 16.1 Å². The highest BCUT2D eigenvalue weighted by Crippen LogP contribution is 2.27. The molecule has 0 radical (unpaired) electrons. The second kappa shape index (κ2) is 10.5. The molecular weight excluding hydrogens is 472 g/mol. The maximum atomic E-state index is 12.3. The molecule has 2 aromatic carbocycles. The van der Waals surface area contributed by atoms with E-state index in [4.69, 9.17) is 37.8 Å². The summed E-state index contributed by atoms with van der Waals surface area (Å²) in [4.78, 5) is 12.3. The van der Waals surface area contributed by atoms with Gasteiger partial charge in [0.1, 0.15) is 29.6 Å². The zero-order valence-corrected chi connectivity index (χ0v) is 19.7. The van der Waals surface area contributed by atoms with Gasteiger partial charge in [0.2, 0.25) is 5.91 Å². The van der Waals surface area contributed by atoms with Crippen molar-refractivity contribution in [1.29, 1.82) is 0 Å². The Morgan fingerprint density at radius 3 is 2.56 bits per heavy atom. The number of aliphatic hydroxyl groups excluding tert-OH is 1. The summed E-state index contributed by atoms with van der Waals surface area (Å²) in [7, 11) is 0. The van der Waals surface area contributed by atoms with Crippen LogP contribution in [-0.2, 0) is 11.4 Å². The minimum atomic E-state index is -0.399. The molecule has 0 aliphatic carbocycles. The summed E-state index contributed by atoms with van der Waals surface area (Å²) in [5.41, 5.74) is 3.33. The molecule has 1 amide bonds. The van der Waals surface area contributed by atoms with E-state index in [9.17, 15) is 4.79 Å². The Morgan fingerprint density at radius 2 is 1.79 bits per heavy atom. The summed E-state index contributed by atoms with van der Waals surface area (Å²) in [5.74, 6) is 1.88. The van der Waals surface area contributed by atoms with E-state index in [1.165, 1.54) is 6.08 Å². The van der Waals surface area contributed by atoms with Gasteiger partial charge in [-0.3, -0.25) is 10.1 Å². The first-order chi connectivity index (χ1) is 16.4. The van der Waals surface area contributed by atoms with Crippen molar-refractivity contribution < 1.29 is 18.7 Å². The quantitative estimate of drug-likeness (QED) is 0.220. The Kier molecular flexibility index (Phi) is 7.27. The van der Waals surface area contributed by atoms with Crippen LogP contribution in [0.4, 0.5) is 5.69 Å². The predicted molar refractivity (Wildman–Crippen MR) is 137 cm³/mol. The summed E-state index contributed by atoms with van der Waals surface area (Å²) in [6, 6.07) is 20.1. The van der Waals surface area contributed by atoms with Gasteiger partial charge in [0.15, 0.2) is 5.11 Å². The molecule has 4 rings (SSSR count). The lowest BCUT2D eigenvalue weighted by Gasteiger charge is -2.09. The van der Waals surface area contributed by atoms with E-state index in [-0.39, 0.29) is 11.7 Å². The fraction of sp³-hybridized carbons (Fsp3) is 0.0769. The van der Waals surface area contributed by atoms with E-state index < -0.39 is 5.91 Å². The zero-order valence-electron chi connectivity index (χ0n) is 18.2. The molecule has 2 aromatic heterocycles. The maximum absolute atomic E-state index is 12.3. The van der Waals surface area contributed by atoms with Crippen molar-refractivity contribution in [1.82, 2.24) is 5.32 Å². The minimum absolute atomic E-state index is 0.150. The number of aryl methyl sites for hydroxylation is 1. The van der Waals surface area contributed by atoms with Crippen LogP contribution in [0.15, 0.2) is 81.6 Å². The van der Waals surface area contributed by atoms with Crippen molar-refractivity contribution in [2.24, 2.45) is 0 Å². The maximum Gasteiger partial charge on any atom is 0.250 e. The lowest BCUT2D eigenvalue weighted by molar-refractivity contribution is -0.115. The van der Waals surface area contributed by atoms with E-state index in [0.29, 0.717) is 33.8 Å². The standard InChI is InChI=1S/C26H21ClN2O4S/c1-16-5-6-18(14-22(16)27)24-10-7-20(32-24)9-12-25(31)29-26(34)28-19-4-2-3-17(13-19)23-11-8-21(15-30)33-23/h2-14,30H,15H2,1H3,(H2,28,29,31,34)/b12-9+. The molecule has 0 atom stereocenters. The molecular formula is C26H21ClN2O4S. The summed E-state index contributed by atoms with van der Waals surface area (Å²) in [5, 5.41) is 15.6. The van der Waals surface area contributed by atoms with Crippen LogP contribution in [0.3, 0.4) is 0 Å². The van der Waals surface area contributed by atoms with Gasteiger partial charge in [-0.15, -0.1) is 0 Å². The summed E-state index contributed by atoms with van der Waals surface area (Å²) in [6.45, 7) is 1.77. The fourth-order valence-corrected chi connectivity index (χ4v) is 3.58. The van der Waals surface area contributed by atoms with E-state index in [2.05, 4.69) is 10.6 Å². The Bertz CT molecular complexity index is 1370. The van der Waals surface area contributed by atoms with Crippen LogP contribution in [0.5, 0.6) is 0 Å². The lowest BCUT2D eigenvalue weighted by atomic mass is 10.1. The first-order valence-electron chi connectivity index (χ1n) is 10.4. The number of carbonyl (C=O) groups is 1. The van der Waals surface area contributed by atoms with Gasteiger partial charge in [0, 0.05) is 27.9 Å². The van der Waals surface area contributed by atoms with Gasteiger partial charge in [-0.25, -0.2) is 0 Å². The second-order valence-corrected chi connectivity index (χ2v) is 8.26. The molecule has 0 unspecified atom stereocenters. The number of amides is 1. The van der Waals surface area contributed by atoms with E-state index in [1.54, 1.807) is 24.3 Å². The zero-order chi connectivity index (χ0) is 24.1. The number of hydrogen-bond donors (Lipinski definition) is 3. The molecule has 2 heterocycles. The number of thiocarbonyl (C=S) groups is 1. The van der Waals surface area contributed by atoms with Crippen LogP contribution in [0.25, 0.3) is 28.7 Å². The number of hydrogen-bond acceptors (Lipinski definition) is 5. The Hall–Kier alpha value is -3.65. The largest absolute Gasteiger partial charge is 0.459 e. The summed E-state index contributed by atoms with van der Waals surface area (Å²) < 4.78 is 11.3. The van der Waals surface area contributed by atoms with Crippen LogP contribution in [0, 0.1) is 6.92 Å². The highest BCUT2D eigenvalue weighted by atomic mass is 35.5. The number of carbonyl (C=O) groups excluding carboxylic acids is 1. The first-order valence-corrected chi connectivity index (χ1v) is 11.2.